The minimum absolute atomic E-state index is 0.0790. The lowest BCUT2D eigenvalue weighted by Crippen LogP contribution is -2.30. The molecular weight excluding hydrogens is 302 g/mol. The first-order valence-electron chi connectivity index (χ1n) is 8.24. The zero-order valence-corrected chi connectivity index (χ0v) is 13.7. The molecule has 126 valence electrons. The van der Waals surface area contributed by atoms with Gasteiger partial charge in [0.2, 0.25) is 5.91 Å². The molecule has 4 heteroatoms. The number of amides is 1. The van der Waals surface area contributed by atoms with Gasteiger partial charge < -0.3 is 10.1 Å². The first-order chi connectivity index (χ1) is 11.7. The first-order valence-corrected chi connectivity index (χ1v) is 8.24. The van der Waals surface area contributed by atoms with Crippen LogP contribution in [0.3, 0.4) is 0 Å². The van der Waals surface area contributed by atoms with E-state index in [0.717, 1.165) is 24.8 Å². The standard InChI is InChI=1S/C20H23NO3/c22-19(14-8-7-11-17-9-3-1-4-10-17)21-15-20(23)24-16-18-12-5-2-6-13-18/h1-6,9-10,12-13H,7-8,11,14-16H2,(H,21,22). The lowest BCUT2D eigenvalue weighted by Gasteiger charge is -2.07. The molecule has 0 saturated carbocycles. The van der Waals surface area contributed by atoms with E-state index in [1.807, 2.05) is 48.5 Å². The van der Waals surface area contributed by atoms with E-state index in [1.165, 1.54) is 5.56 Å². The Kier molecular flexibility index (Phi) is 7.54. The fourth-order valence-corrected chi connectivity index (χ4v) is 2.31. The summed E-state index contributed by atoms with van der Waals surface area (Å²) >= 11 is 0. The summed E-state index contributed by atoms with van der Waals surface area (Å²) in [6, 6.07) is 19.7. The topological polar surface area (TPSA) is 55.4 Å². The molecule has 0 unspecified atom stereocenters. The van der Waals surface area contributed by atoms with Crippen LogP contribution in [-0.2, 0) is 27.4 Å². The molecule has 1 N–H and O–H groups in total. The molecular formula is C20H23NO3. The normalized spacial score (nSPS) is 10.2. The number of hydrogen-bond acceptors (Lipinski definition) is 3. The summed E-state index contributed by atoms with van der Waals surface area (Å²) in [6.45, 7) is 0.150. The van der Waals surface area contributed by atoms with Crippen molar-refractivity contribution in [3.8, 4) is 0 Å². The molecule has 0 spiro atoms. The van der Waals surface area contributed by atoms with Gasteiger partial charge in [-0.2, -0.15) is 0 Å². The summed E-state index contributed by atoms with van der Waals surface area (Å²) < 4.78 is 5.11. The van der Waals surface area contributed by atoms with Crippen LogP contribution in [0.25, 0.3) is 0 Å². The van der Waals surface area contributed by atoms with E-state index in [4.69, 9.17) is 4.74 Å². The molecule has 0 heterocycles. The second kappa shape index (κ2) is 10.2. The maximum Gasteiger partial charge on any atom is 0.325 e. The number of hydrogen-bond donors (Lipinski definition) is 1. The molecule has 2 aromatic rings. The van der Waals surface area contributed by atoms with E-state index >= 15 is 0 Å². The van der Waals surface area contributed by atoms with Crippen LogP contribution in [0.15, 0.2) is 60.7 Å². The van der Waals surface area contributed by atoms with Crippen LogP contribution in [-0.4, -0.2) is 18.4 Å². The Morgan fingerprint density at radius 2 is 1.46 bits per heavy atom. The molecule has 0 radical (unpaired) electrons. The van der Waals surface area contributed by atoms with Gasteiger partial charge in [-0.05, 0) is 30.4 Å². The molecule has 0 aliphatic carbocycles. The fourth-order valence-electron chi connectivity index (χ4n) is 2.31. The van der Waals surface area contributed by atoms with Gasteiger partial charge in [-0.15, -0.1) is 0 Å². The average Bonchev–Trinajstić information content (AvgIpc) is 2.63. The number of benzene rings is 2. The van der Waals surface area contributed by atoms with E-state index in [2.05, 4.69) is 17.4 Å². The Hall–Kier alpha value is -2.62. The van der Waals surface area contributed by atoms with Gasteiger partial charge in [0.1, 0.15) is 13.2 Å². The van der Waals surface area contributed by atoms with Crippen molar-refractivity contribution in [2.45, 2.75) is 32.3 Å². The largest absolute Gasteiger partial charge is 0.460 e. The van der Waals surface area contributed by atoms with Crippen LogP contribution < -0.4 is 5.32 Å². The van der Waals surface area contributed by atoms with Gasteiger partial charge in [0, 0.05) is 6.42 Å². The van der Waals surface area contributed by atoms with Crippen LogP contribution in [0.4, 0.5) is 0 Å². The number of carbonyl (C=O) groups excluding carboxylic acids is 2. The lowest BCUT2D eigenvalue weighted by atomic mass is 10.1. The summed E-state index contributed by atoms with van der Waals surface area (Å²) in [7, 11) is 0. The molecule has 2 aromatic carbocycles. The van der Waals surface area contributed by atoms with E-state index in [9.17, 15) is 9.59 Å². The Morgan fingerprint density at radius 3 is 2.12 bits per heavy atom. The molecule has 2 rings (SSSR count). The number of esters is 1. The van der Waals surface area contributed by atoms with E-state index in [1.54, 1.807) is 0 Å². The third kappa shape index (κ3) is 7.09. The van der Waals surface area contributed by atoms with E-state index < -0.39 is 5.97 Å². The summed E-state index contributed by atoms with van der Waals surface area (Å²) in [5.41, 5.74) is 2.21. The Morgan fingerprint density at radius 1 is 0.833 bits per heavy atom. The third-order valence-electron chi connectivity index (χ3n) is 3.63. The Bertz CT molecular complexity index is 626. The fraction of sp³-hybridized carbons (Fsp3) is 0.300. The summed E-state index contributed by atoms with van der Waals surface area (Å²) in [4.78, 5) is 23.3. The monoisotopic (exact) mass is 325 g/mol. The van der Waals surface area contributed by atoms with Crippen LogP contribution in [0.2, 0.25) is 0 Å². The van der Waals surface area contributed by atoms with Crippen molar-refractivity contribution in [1.29, 1.82) is 0 Å². The highest BCUT2D eigenvalue weighted by Crippen LogP contribution is 2.06. The maximum atomic E-state index is 11.7. The van der Waals surface area contributed by atoms with Crippen LogP contribution in [0, 0.1) is 0 Å². The Balaban J connectivity index is 1.53. The average molecular weight is 325 g/mol. The number of ether oxygens (including phenoxy) is 1. The van der Waals surface area contributed by atoms with Gasteiger partial charge in [-0.3, -0.25) is 9.59 Å². The predicted octanol–water partition coefficient (Wildman–Crippen LogP) is 3.26. The number of nitrogens with one attached hydrogen (secondary N) is 1. The summed E-state index contributed by atoms with van der Waals surface area (Å²) in [5.74, 6) is -0.531. The van der Waals surface area contributed by atoms with Gasteiger partial charge in [0.25, 0.3) is 0 Å². The smallest absolute Gasteiger partial charge is 0.325 e. The minimum atomic E-state index is -0.420. The van der Waals surface area contributed by atoms with Gasteiger partial charge >= 0.3 is 5.97 Å². The first kappa shape index (κ1) is 17.7. The third-order valence-corrected chi connectivity index (χ3v) is 3.63. The van der Waals surface area contributed by atoms with Gasteiger partial charge in [0.15, 0.2) is 0 Å². The SMILES string of the molecule is O=C(CCCCc1ccccc1)NCC(=O)OCc1ccccc1. The van der Waals surface area contributed by atoms with Crippen molar-refractivity contribution in [3.05, 3.63) is 71.8 Å². The number of carbonyl (C=O) groups is 2. The Labute approximate surface area is 142 Å². The molecule has 0 saturated heterocycles. The highest BCUT2D eigenvalue weighted by molar-refractivity contribution is 5.81. The highest BCUT2D eigenvalue weighted by atomic mass is 16.5. The summed E-state index contributed by atoms with van der Waals surface area (Å²) in [6.07, 6.45) is 3.15. The van der Waals surface area contributed by atoms with Crippen molar-refractivity contribution in [3.63, 3.8) is 0 Å². The molecule has 24 heavy (non-hydrogen) atoms. The van der Waals surface area contributed by atoms with Crippen molar-refractivity contribution in [1.82, 2.24) is 5.32 Å². The van der Waals surface area contributed by atoms with Crippen LogP contribution in [0.1, 0.15) is 30.4 Å². The highest BCUT2D eigenvalue weighted by Gasteiger charge is 2.07. The molecule has 0 atom stereocenters. The molecule has 0 fully saturated rings. The predicted molar refractivity (Wildman–Crippen MR) is 93.2 cm³/mol. The van der Waals surface area contributed by atoms with E-state index in [0.29, 0.717) is 6.42 Å². The number of unbranched alkanes of at least 4 members (excludes halogenated alkanes) is 1. The molecule has 0 aromatic heterocycles. The number of rotatable bonds is 9. The lowest BCUT2D eigenvalue weighted by molar-refractivity contribution is -0.145. The molecule has 0 bridgehead atoms. The van der Waals surface area contributed by atoms with Crippen molar-refractivity contribution < 1.29 is 14.3 Å². The summed E-state index contributed by atoms with van der Waals surface area (Å²) in [5, 5.41) is 2.60. The maximum absolute atomic E-state index is 11.7. The number of aryl methyl sites for hydroxylation is 1. The minimum Gasteiger partial charge on any atom is -0.460 e. The van der Waals surface area contributed by atoms with Gasteiger partial charge in [0.05, 0.1) is 0 Å². The van der Waals surface area contributed by atoms with Crippen molar-refractivity contribution in [2.24, 2.45) is 0 Å². The van der Waals surface area contributed by atoms with E-state index in [-0.39, 0.29) is 19.1 Å². The zero-order chi connectivity index (χ0) is 17.0. The zero-order valence-electron chi connectivity index (χ0n) is 13.7. The quantitative estimate of drug-likeness (QED) is 0.569. The molecule has 0 aliphatic heterocycles. The van der Waals surface area contributed by atoms with Gasteiger partial charge in [-0.1, -0.05) is 60.7 Å². The van der Waals surface area contributed by atoms with Crippen molar-refractivity contribution in [2.75, 3.05) is 6.54 Å². The van der Waals surface area contributed by atoms with Crippen LogP contribution in [0.5, 0.6) is 0 Å². The van der Waals surface area contributed by atoms with Crippen molar-refractivity contribution >= 4 is 11.9 Å². The molecule has 1 amide bonds. The van der Waals surface area contributed by atoms with Crippen LogP contribution >= 0.6 is 0 Å². The second-order valence-electron chi connectivity index (χ2n) is 5.62. The molecule has 4 nitrogen and oxygen atoms in total. The second-order valence-corrected chi connectivity index (χ2v) is 5.62. The molecule has 0 aliphatic rings. The van der Waals surface area contributed by atoms with Gasteiger partial charge in [-0.25, -0.2) is 0 Å².